The smallest absolute Gasteiger partial charge is 0.224 e. The zero-order valence-corrected chi connectivity index (χ0v) is 21.2. The minimum atomic E-state index is -0.244. The average molecular weight is 569 g/mol. The van der Waals surface area contributed by atoms with Crippen LogP contribution in [-0.4, -0.2) is 74.8 Å². The molecule has 33 heavy (non-hydrogen) atoms. The molecule has 2 aromatic carbocycles. The van der Waals surface area contributed by atoms with Gasteiger partial charge in [-0.15, -0.1) is 24.0 Å². The summed E-state index contributed by atoms with van der Waals surface area (Å²) in [6, 6.07) is 16.3. The van der Waals surface area contributed by atoms with E-state index in [1.165, 1.54) is 12.1 Å². The third-order valence-electron chi connectivity index (χ3n) is 5.69. The molecule has 180 valence electrons. The van der Waals surface area contributed by atoms with Crippen molar-refractivity contribution in [2.24, 2.45) is 4.99 Å². The summed E-state index contributed by atoms with van der Waals surface area (Å²) in [7, 11) is 1.68. The highest BCUT2D eigenvalue weighted by Gasteiger charge is 2.21. The first kappa shape index (κ1) is 26.8. The molecule has 0 spiro atoms. The van der Waals surface area contributed by atoms with Crippen LogP contribution in [0.3, 0.4) is 0 Å². The van der Waals surface area contributed by atoms with Crippen LogP contribution in [0.1, 0.15) is 17.9 Å². The molecule has 7 nitrogen and oxygen atoms in total. The molecule has 2 aromatic rings. The van der Waals surface area contributed by atoms with E-state index in [9.17, 15) is 14.3 Å². The van der Waals surface area contributed by atoms with E-state index < -0.39 is 0 Å². The summed E-state index contributed by atoms with van der Waals surface area (Å²) in [5, 5.41) is 16.1. The van der Waals surface area contributed by atoms with Crippen LogP contribution in [0.2, 0.25) is 0 Å². The van der Waals surface area contributed by atoms with Crippen molar-refractivity contribution in [1.29, 1.82) is 0 Å². The van der Waals surface area contributed by atoms with E-state index in [2.05, 4.69) is 20.5 Å². The Morgan fingerprint density at radius 1 is 1.06 bits per heavy atom. The van der Waals surface area contributed by atoms with Crippen molar-refractivity contribution in [2.45, 2.75) is 12.3 Å². The van der Waals surface area contributed by atoms with Crippen molar-refractivity contribution in [1.82, 2.24) is 15.5 Å². The number of carbonyl (C=O) groups excluding carboxylic acids is 1. The highest BCUT2D eigenvalue weighted by molar-refractivity contribution is 14.0. The molecule has 1 aliphatic rings. The predicted molar refractivity (Wildman–Crippen MR) is 141 cm³/mol. The van der Waals surface area contributed by atoms with Crippen LogP contribution in [0.4, 0.5) is 10.1 Å². The average Bonchev–Trinajstić information content (AvgIpc) is 2.84. The zero-order valence-electron chi connectivity index (χ0n) is 18.9. The van der Waals surface area contributed by atoms with Gasteiger partial charge in [0.05, 0.1) is 6.61 Å². The molecule has 0 aliphatic carbocycles. The lowest BCUT2D eigenvalue weighted by Gasteiger charge is -2.36. The standard InChI is InChI=1S/C24H32FN5O2.HI/c1-26-24(28-17-20(18-31)19-5-3-2-4-6-19)27-12-11-23(32)30-15-13-29(14-16-30)22-9-7-21(25)8-10-22;/h2-10,20,31H,11-18H2,1H3,(H2,26,27,28);1H. The minimum absolute atomic E-state index is 0. The second-order valence-electron chi connectivity index (χ2n) is 7.76. The van der Waals surface area contributed by atoms with E-state index in [1.807, 2.05) is 35.2 Å². The van der Waals surface area contributed by atoms with Crippen molar-refractivity contribution in [3.8, 4) is 0 Å². The third-order valence-corrected chi connectivity index (χ3v) is 5.69. The number of benzene rings is 2. The van der Waals surface area contributed by atoms with Crippen LogP contribution in [0.25, 0.3) is 0 Å². The summed E-state index contributed by atoms with van der Waals surface area (Å²) in [6.07, 6.45) is 0.374. The summed E-state index contributed by atoms with van der Waals surface area (Å²) >= 11 is 0. The van der Waals surface area contributed by atoms with Crippen molar-refractivity contribution >= 4 is 41.5 Å². The van der Waals surface area contributed by atoms with Gasteiger partial charge in [0.1, 0.15) is 5.82 Å². The van der Waals surface area contributed by atoms with Crippen molar-refractivity contribution in [2.75, 3.05) is 57.8 Å². The van der Waals surface area contributed by atoms with Crippen molar-refractivity contribution < 1.29 is 14.3 Å². The van der Waals surface area contributed by atoms with Gasteiger partial charge in [-0.3, -0.25) is 9.79 Å². The van der Waals surface area contributed by atoms with Gasteiger partial charge in [-0.05, 0) is 29.8 Å². The topological polar surface area (TPSA) is 80.2 Å². The molecule has 3 N–H and O–H groups in total. The Morgan fingerprint density at radius 2 is 1.73 bits per heavy atom. The fourth-order valence-corrected chi connectivity index (χ4v) is 3.77. The largest absolute Gasteiger partial charge is 0.396 e. The number of hydrogen-bond acceptors (Lipinski definition) is 4. The molecule has 1 fully saturated rings. The molecule has 9 heteroatoms. The van der Waals surface area contributed by atoms with Gasteiger partial charge in [0, 0.05) is 64.3 Å². The number of rotatable bonds is 8. The second-order valence-corrected chi connectivity index (χ2v) is 7.76. The fourth-order valence-electron chi connectivity index (χ4n) is 3.77. The molecule has 0 saturated carbocycles. The maximum Gasteiger partial charge on any atom is 0.224 e. The highest BCUT2D eigenvalue weighted by atomic mass is 127. The van der Waals surface area contributed by atoms with Gasteiger partial charge in [-0.1, -0.05) is 30.3 Å². The van der Waals surface area contributed by atoms with Crippen LogP contribution in [0.15, 0.2) is 59.6 Å². The van der Waals surface area contributed by atoms with E-state index in [0.29, 0.717) is 38.6 Å². The zero-order chi connectivity index (χ0) is 22.8. The molecule has 1 aliphatic heterocycles. The van der Waals surface area contributed by atoms with Gasteiger partial charge >= 0.3 is 0 Å². The number of amides is 1. The number of nitrogens with zero attached hydrogens (tertiary/aromatic N) is 3. The predicted octanol–water partition coefficient (Wildman–Crippen LogP) is 2.42. The maximum absolute atomic E-state index is 13.1. The van der Waals surface area contributed by atoms with E-state index in [-0.39, 0.29) is 48.2 Å². The molecule has 0 aromatic heterocycles. The Morgan fingerprint density at radius 3 is 2.33 bits per heavy atom. The number of aliphatic hydroxyl groups excluding tert-OH is 1. The first-order valence-electron chi connectivity index (χ1n) is 11.0. The number of piperazine rings is 1. The maximum atomic E-state index is 13.1. The monoisotopic (exact) mass is 569 g/mol. The minimum Gasteiger partial charge on any atom is -0.396 e. The van der Waals surface area contributed by atoms with Crippen molar-refractivity contribution in [3.05, 3.63) is 66.0 Å². The SMILES string of the molecule is CN=C(NCCC(=O)N1CCN(c2ccc(F)cc2)CC1)NCC(CO)c1ccccc1.I. The summed E-state index contributed by atoms with van der Waals surface area (Å²) < 4.78 is 13.1. The van der Waals surface area contributed by atoms with E-state index in [0.717, 1.165) is 24.3 Å². The Labute approximate surface area is 212 Å². The Bertz CT molecular complexity index is 874. The summed E-state index contributed by atoms with van der Waals surface area (Å²) in [5.74, 6) is 0.429. The molecular weight excluding hydrogens is 536 g/mol. The van der Waals surface area contributed by atoms with Crippen LogP contribution in [0, 0.1) is 5.82 Å². The van der Waals surface area contributed by atoms with Crippen LogP contribution >= 0.6 is 24.0 Å². The Balaban J connectivity index is 0.00000385. The van der Waals surface area contributed by atoms with Crippen LogP contribution in [0.5, 0.6) is 0 Å². The number of halogens is 2. The molecular formula is C24H33FIN5O2. The van der Waals surface area contributed by atoms with E-state index >= 15 is 0 Å². The van der Waals surface area contributed by atoms with E-state index in [1.54, 1.807) is 19.2 Å². The Kier molecular flexibility index (Phi) is 11.4. The third kappa shape index (κ3) is 8.15. The fraction of sp³-hybridized carbons (Fsp3) is 0.417. The lowest BCUT2D eigenvalue weighted by Crippen LogP contribution is -2.49. The number of anilines is 1. The first-order valence-corrected chi connectivity index (χ1v) is 11.0. The summed E-state index contributed by atoms with van der Waals surface area (Å²) in [4.78, 5) is 20.8. The quantitative estimate of drug-likeness (QED) is 0.259. The number of nitrogens with one attached hydrogen (secondary N) is 2. The number of aliphatic imine (C=N–C) groups is 1. The lowest BCUT2D eigenvalue weighted by molar-refractivity contribution is -0.131. The summed E-state index contributed by atoms with van der Waals surface area (Å²) in [5.41, 5.74) is 2.04. The van der Waals surface area contributed by atoms with Gasteiger partial charge in [-0.2, -0.15) is 0 Å². The number of hydrogen-bond donors (Lipinski definition) is 3. The first-order chi connectivity index (χ1) is 15.6. The highest BCUT2D eigenvalue weighted by Crippen LogP contribution is 2.17. The van der Waals surface area contributed by atoms with Gasteiger partial charge < -0.3 is 25.5 Å². The number of guanidine groups is 1. The molecule has 3 rings (SSSR count). The number of aliphatic hydroxyl groups is 1. The molecule has 1 saturated heterocycles. The van der Waals surface area contributed by atoms with Gasteiger partial charge in [-0.25, -0.2) is 4.39 Å². The molecule has 0 radical (unpaired) electrons. The summed E-state index contributed by atoms with van der Waals surface area (Å²) in [6.45, 7) is 3.82. The molecule has 1 atom stereocenters. The molecule has 1 unspecified atom stereocenters. The van der Waals surface area contributed by atoms with Crippen molar-refractivity contribution in [3.63, 3.8) is 0 Å². The molecule has 0 bridgehead atoms. The molecule has 1 amide bonds. The molecule has 1 heterocycles. The van der Waals surface area contributed by atoms with Gasteiger partial charge in [0.2, 0.25) is 5.91 Å². The lowest BCUT2D eigenvalue weighted by atomic mass is 10.0. The number of carbonyl (C=O) groups is 1. The van der Waals surface area contributed by atoms with Crippen LogP contribution < -0.4 is 15.5 Å². The van der Waals surface area contributed by atoms with Crippen LogP contribution in [-0.2, 0) is 4.79 Å². The van der Waals surface area contributed by atoms with Gasteiger partial charge in [0.25, 0.3) is 0 Å². The van der Waals surface area contributed by atoms with Gasteiger partial charge in [0.15, 0.2) is 5.96 Å². The van der Waals surface area contributed by atoms with E-state index in [4.69, 9.17) is 0 Å². The normalized spacial score (nSPS) is 14.9. The Hall–Kier alpha value is -2.40. The second kappa shape index (κ2) is 14.0.